The van der Waals surface area contributed by atoms with Crippen LogP contribution in [0.4, 0.5) is 5.69 Å². The van der Waals surface area contributed by atoms with E-state index in [4.69, 9.17) is 5.73 Å². The van der Waals surface area contributed by atoms with Gasteiger partial charge in [-0.05, 0) is 41.3 Å². The molecule has 0 aromatic heterocycles. The number of nitrogens with two attached hydrogens (primary N) is 1. The third kappa shape index (κ3) is 3.69. The second kappa shape index (κ2) is 7.15. The number of aromatic hydroxyl groups is 2. The molecule has 0 aliphatic heterocycles. The predicted octanol–water partition coefficient (Wildman–Crippen LogP) is 2.07. The van der Waals surface area contributed by atoms with Gasteiger partial charge in [-0.15, -0.1) is 0 Å². The summed E-state index contributed by atoms with van der Waals surface area (Å²) in [6, 6.07) is 10.1. The lowest BCUT2D eigenvalue weighted by Gasteiger charge is -2.15. The first-order chi connectivity index (χ1) is 10.5. The van der Waals surface area contributed by atoms with Crippen molar-refractivity contribution >= 4 is 5.69 Å². The third-order valence-electron chi connectivity index (χ3n) is 3.70. The molecule has 2 aromatic rings. The molecule has 1 atom stereocenters. The average molecular weight is 302 g/mol. The molecule has 6 N–H and O–H groups in total. The van der Waals surface area contributed by atoms with Crippen LogP contribution >= 0.6 is 0 Å². The minimum Gasteiger partial charge on any atom is -0.504 e. The summed E-state index contributed by atoms with van der Waals surface area (Å²) < 4.78 is 0. The number of nitrogens with one attached hydrogen (secondary N) is 1. The van der Waals surface area contributed by atoms with Crippen molar-refractivity contribution in [2.24, 2.45) is 0 Å². The zero-order chi connectivity index (χ0) is 16.1. The molecule has 0 bridgehead atoms. The van der Waals surface area contributed by atoms with Crippen molar-refractivity contribution in [1.82, 2.24) is 5.32 Å². The van der Waals surface area contributed by atoms with Gasteiger partial charge >= 0.3 is 0 Å². The maximum absolute atomic E-state index is 10.1. The van der Waals surface area contributed by atoms with Crippen molar-refractivity contribution in [3.63, 3.8) is 0 Å². The molecule has 2 aromatic carbocycles. The van der Waals surface area contributed by atoms with E-state index in [0.717, 1.165) is 23.2 Å². The number of aliphatic hydroxyl groups excluding tert-OH is 1. The Kier molecular flexibility index (Phi) is 5.25. The average Bonchev–Trinajstić information content (AvgIpc) is 2.50. The zero-order valence-corrected chi connectivity index (χ0v) is 12.6. The van der Waals surface area contributed by atoms with Crippen LogP contribution in [0.25, 0.3) is 0 Å². The van der Waals surface area contributed by atoms with Gasteiger partial charge in [-0.3, -0.25) is 0 Å². The Morgan fingerprint density at radius 3 is 2.59 bits per heavy atom. The van der Waals surface area contributed by atoms with Crippen LogP contribution in [0, 0.1) is 0 Å². The van der Waals surface area contributed by atoms with Crippen LogP contribution in [-0.4, -0.2) is 21.9 Å². The topological polar surface area (TPSA) is 98.7 Å². The van der Waals surface area contributed by atoms with Gasteiger partial charge in [0.25, 0.3) is 0 Å². The molecule has 118 valence electrons. The van der Waals surface area contributed by atoms with Gasteiger partial charge in [0.2, 0.25) is 0 Å². The van der Waals surface area contributed by atoms with Crippen LogP contribution in [-0.2, 0) is 13.0 Å². The van der Waals surface area contributed by atoms with Crippen LogP contribution in [0.15, 0.2) is 36.4 Å². The number of aliphatic hydroxyl groups is 1. The summed E-state index contributed by atoms with van der Waals surface area (Å²) in [5.74, 6) is -0.433. The van der Waals surface area contributed by atoms with Crippen molar-refractivity contribution in [3.05, 3.63) is 53.1 Å². The zero-order valence-electron chi connectivity index (χ0n) is 12.6. The van der Waals surface area contributed by atoms with Crippen LogP contribution in [0.1, 0.15) is 29.7 Å². The van der Waals surface area contributed by atoms with E-state index in [2.05, 4.69) is 12.2 Å². The van der Waals surface area contributed by atoms with E-state index in [1.807, 2.05) is 18.2 Å². The predicted molar refractivity (Wildman–Crippen MR) is 86.7 cm³/mol. The van der Waals surface area contributed by atoms with Gasteiger partial charge in [0.05, 0.1) is 6.10 Å². The van der Waals surface area contributed by atoms with E-state index >= 15 is 0 Å². The van der Waals surface area contributed by atoms with E-state index in [9.17, 15) is 15.3 Å². The first kappa shape index (κ1) is 16.1. The summed E-state index contributed by atoms with van der Waals surface area (Å²) in [6.45, 7) is 3.00. The Labute approximate surface area is 130 Å². The van der Waals surface area contributed by atoms with Gasteiger partial charge < -0.3 is 26.4 Å². The van der Waals surface area contributed by atoms with E-state index in [1.54, 1.807) is 6.07 Å². The largest absolute Gasteiger partial charge is 0.504 e. The molecule has 0 saturated heterocycles. The van der Waals surface area contributed by atoms with Gasteiger partial charge in [0.15, 0.2) is 11.5 Å². The summed E-state index contributed by atoms with van der Waals surface area (Å²) in [5.41, 5.74) is 9.52. The molecule has 22 heavy (non-hydrogen) atoms. The highest BCUT2D eigenvalue weighted by atomic mass is 16.3. The maximum atomic E-state index is 10.1. The van der Waals surface area contributed by atoms with E-state index < -0.39 is 6.10 Å². The minimum absolute atomic E-state index is 0.198. The molecule has 1 unspecified atom stereocenters. The highest BCUT2D eigenvalue weighted by molar-refractivity contribution is 5.50. The van der Waals surface area contributed by atoms with Crippen molar-refractivity contribution in [3.8, 4) is 11.5 Å². The lowest BCUT2D eigenvalue weighted by molar-refractivity contribution is 0.174. The van der Waals surface area contributed by atoms with Crippen LogP contribution in [0.2, 0.25) is 0 Å². The molecule has 0 aliphatic rings. The molecule has 0 spiro atoms. The Hall–Kier alpha value is -2.24. The van der Waals surface area contributed by atoms with Gasteiger partial charge in [-0.1, -0.05) is 25.1 Å². The molecule has 5 nitrogen and oxygen atoms in total. The molecular formula is C17H22N2O3. The fraction of sp³-hybridized carbons (Fsp3) is 0.294. The summed E-state index contributed by atoms with van der Waals surface area (Å²) in [6.07, 6.45) is 0.0931. The molecule has 0 amide bonds. The highest BCUT2D eigenvalue weighted by Crippen LogP contribution is 2.27. The number of phenolic OH excluding ortho intramolecular Hbond substituents is 2. The van der Waals surface area contributed by atoms with Crippen LogP contribution < -0.4 is 11.1 Å². The molecule has 0 heterocycles. The summed E-state index contributed by atoms with van der Waals surface area (Å²) >= 11 is 0. The molecule has 0 fully saturated rings. The first-order valence-electron chi connectivity index (χ1n) is 7.29. The second-order valence-corrected chi connectivity index (χ2v) is 5.23. The standard InChI is InChI=1S/C17H22N2O3/c1-2-13-12(4-3-5-14(13)18)9-19-10-17(22)11-6-7-15(20)16(21)8-11/h3-8,17,19-22H,2,9-10,18H2,1H3. The molecular weight excluding hydrogens is 280 g/mol. The van der Waals surface area contributed by atoms with Crippen molar-refractivity contribution < 1.29 is 15.3 Å². The number of benzene rings is 2. The number of hydrogen-bond acceptors (Lipinski definition) is 5. The van der Waals surface area contributed by atoms with E-state index in [1.165, 1.54) is 12.1 Å². The summed E-state index contributed by atoms with van der Waals surface area (Å²) in [7, 11) is 0. The smallest absolute Gasteiger partial charge is 0.157 e. The number of anilines is 1. The Balaban J connectivity index is 1.96. The number of nitrogen functional groups attached to an aromatic ring is 1. The Morgan fingerprint density at radius 2 is 1.91 bits per heavy atom. The van der Waals surface area contributed by atoms with E-state index in [-0.39, 0.29) is 11.5 Å². The summed E-state index contributed by atoms with van der Waals surface area (Å²) in [5, 5.41) is 32.0. The van der Waals surface area contributed by atoms with Gasteiger partial charge in [-0.2, -0.15) is 0 Å². The summed E-state index contributed by atoms with van der Waals surface area (Å²) in [4.78, 5) is 0. The lowest BCUT2D eigenvalue weighted by atomic mass is 10.0. The van der Waals surface area contributed by atoms with Crippen molar-refractivity contribution in [2.75, 3.05) is 12.3 Å². The molecule has 0 radical (unpaired) electrons. The normalized spacial score (nSPS) is 12.3. The maximum Gasteiger partial charge on any atom is 0.157 e. The second-order valence-electron chi connectivity index (χ2n) is 5.23. The fourth-order valence-electron chi connectivity index (χ4n) is 2.46. The van der Waals surface area contributed by atoms with E-state index in [0.29, 0.717) is 18.7 Å². The fourth-order valence-corrected chi connectivity index (χ4v) is 2.46. The highest BCUT2D eigenvalue weighted by Gasteiger charge is 2.10. The molecule has 2 rings (SSSR count). The van der Waals surface area contributed by atoms with Gasteiger partial charge in [0, 0.05) is 18.8 Å². The number of rotatable bonds is 6. The Morgan fingerprint density at radius 1 is 1.14 bits per heavy atom. The quantitative estimate of drug-likeness (QED) is 0.415. The minimum atomic E-state index is -0.766. The van der Waals surface area contributed by atoms with Crippen LogP contribution in [0.5, 0.6) is 11.5 Å². The monoisotopic (exact) mass is 302 g/mol. The number of phenols is 2. The first-order valence-corrected chi connectivity index (χ1v) is 7.29. The van der Waals surface area contributed by atoms with Crippen molar-refractivity contribution in [2.45, 2.75) is 26.0 Å². The number of hydrogen-bond donors (Lipinski definition) is 5. The molecule has 0 saturated carbocycles. The molecule has 5 heteroatoms. The van der Waals surface area contributed by atoms with Gasteiger partial charge in [-0.25, -0.2) is 0 Å². The van der Waals surface area contributed by atoms with Crippen molar-refractivity contribution in [1.29, 1.82) is 0 Å². The Bertz CT molecular complexity index is 644. The van der Waals surface area contributed by atoms with Crippen LogP contribution in [0.3, 0.4) is 0 Å². The lowest BCUT2D eigenvalue weighted by Crippen LogP contribution is -2.21. The molecule has 0 aliphatic carbocycles. The third-order valence-corrected chi connectivity index (χ3v) is 3.70. The van der Waals surface area contributed by atoms with Gasteiger partial charge in [0.1, 0.15) is 0 Å². The SMILES string of the molecule is CCc1c(N)cccc1CNCC(O)c1ccc(O)c(O)c1.